The van der Waals surface area contributed by atoms with Gasteiger partial charge in [-0.05, 0) is 19.1 Å². The first kappa shape index (κ1) is 8.38. The van der Waals surface area contributed by atoms with E-state index in [1.54, 1.807) is 13.2 Å². The maximum atomic E-state index is 5.96. The molecule has 1 N–H and O–H groups in total. The summed E-state index contributed by atoms with van der Waals surface area (Å²) in [4.78, 5) is 0. The topological polar surface area (TPSA) is 37.9 Å². The second-order valence-corrected chi connectivity index (χ2v) is 3.23. The number of hydrogen-bond acceptors (Lipinski definition) is 2. The average molecular weight is 197 g/mol. The van der Waals surface area contributed by atoms with Gasteiger partial charge >= 0.3 is 0 Å². The Morgan fingerprint density at radius 1 is 1.46 bits per heavy atom. The molecule has 0 saturated carbocycles. The molecule has 0 amide bonds. The van der Waals surface area contributed by atoms with E-state index in [4.69, 9.17) is 16.3 Å². The molecule has 0 saturated heterocycles. The van der Waals surface area contributed by atoms with Crippen LogP contribution in [0.1, 0.15) is 5.69 Å². The van der Waals surface area contributed by atoms with Crippen LogP contribution < -0.4 is 4.74 Å². The molecular formula is C9H9ClN2O. The van der Waals surface area contributed by atoms with Gasteiger partial charge in [0, 0.05) is 5.69 Å². The second kappa shape index (κ2) is 2.92. The summed E-state index contributed by atoms with van der Waals surface area (Å²) < 4.78 is 5.20. The number of hydrogen-bond donors (Lipinski definition) is 1. The van der Waals surface area contributed by atoms with Crippen LogP contribution in [0, 0.1) is 6.92 Å². The third-order valence-corrected chi connectivity index (χ3v) is 2.33. The lowest BCUT2D eigenvalue weighted by atomic mass is 10.2. The van der Waals surface area contributed by atoms with Gasteiger partial charge in [0.05, 0.1) is 17.5 Å². The molecule has 1 aromatic carbocycles. The third kappa shape index (κ3) is 1.16. The van der Waals surface area contributed by atoms with E-state index in [-0.39, 0.29) is 0 Å². The molecule has 0 atom stereocenters. The fourth-order valence-electron chi connectivity index (χ4n) is 1.38. The second-order valence-electron chi connectivity index (χ2n) is 2.82. The van der Waals surface area contributed by atoms with Crippen molar-refractivity contribution in [3.05, 3.63) is 22.8 Å². The van der Waals surface area contributed by atoms with Crippen LogP contribution in [0.3, 0.4) is 0 Å². The Kier molecular flexibility index (Phi) is 1.88. The van der Waals surface area contributed by atoms with Gasteiger partial charge in [-0.2, -0.15) is 5.10 Å². The highest BCUT2D eigenvalue weighted by atomic mass is 35.5. The van der Waals surface area contributed by atoms with Crippen LogP contribution in [0.5, 0.6) is 5.75 Å². The van der Waals surface area contributed by atoms with Gasteiger partial charge in [0.1, 0.15) is 11.3 Å². The zero-order chi connectivity index (χ0) is 9.42. The largest absolute Gasteiger partial charge is 0.496 e. The van der Waals surface area contributed by atoms with Crippen LogP contribution >= 0.6 is 11.6 Å². The normalized spacial score (nSPS) is 10.7. The van der Waals surface area contributed by atoms with E-state index in [0.29, 0.717) is 5.02 Å². The Morgan fingerprint density at radius 3 is 2.92 bits per heavy atom. The molecule has 0 radical (unpaired) electrons. The summed E-state index contributed by atoms with van der Waals surface area (Å²) in [6, 6.07) is 3.62. The van der Waals surface area contributed by atoms with Gasteiger partial charge in [0.2, 0.25) is 0 Å². The fraction of sp³-hybridized carbons (Fsp3) is 0.222. The van der Waals surface area contributed by atoms with Crippen molar-refractivity contribution < 1.29 is 4.74 Å². The number of H-pyrrole nitrogens is 1. The number of aromatic nitrogens is 2. The Bertz CT molecular complexity index is 450. The number of nitrogens with one attached hydrogen (secondary N) is 1. The van der Waals surface area contributed by atoms with E-state index in [1.807, 2.05) is 13.0 Å². The Balaban J connectivity index is 2.88. The summed E-state index contributed by atoms with van der Waals surface area (Å²) in [5.41, 5.74) is 1.73. The molecular weight excluding hydrogens is 188 g/mol. The molecule has 0 unspecified atom stereocenters. The van der Waals surface area contributed by atoms with Crippen LogP contribution in [0.25, 0.3) is 10.9 Å². The number of rotatable bonds is 1. The van der Waals surface area contributed by atoms with Crippen molar-refractivity contribution in [1.29, 1.82) is 0 Å². The first-order valence-corrected chi connectivity index (χ1v) is 4.29. The summed E-state index contributed by atoms with van der Waals surface area (Å²) in [7, 11) is 1.63. The van der Waals surface area contributed by atoms with E-state index in [2.05, 4.69) is 10.2 Å². The minimum atomic E-state index is 0.639. The maximum absolute atomic E-state index is 5.96. The molecule has 0 bridgehead atoms. The van der Waals surface area contributed by atoms with Crippen molar-refractivity contribution >= 4 is 22.5 Å². The summed E-state index contributed by atoms with van der Waals surface area (Å²) in [5, 5.41) is 8.56. The van der Waals surface area contributed by atoms with Gasteiger partial charge in [0.25, 0.3) is 0 Å². The minimum Gasteiger partial charge on any atom is -0.496 e. The van der Waals surface area contributed by atoms with E-state index >= 15 is 0 Å². The SMILES string of the molecule is COc1ccc(Cl)c2n[nH]c(C)c12. The van der Waals surface area contributed by atoms with Crippen LogP contribution in [0.2, 0.25) is 5.02 Å². The molecule has 13 heavy (non-hydrogen) atoms. The predicted molar refractivity (Wildman–Crippen MR) is 52.4 cm³/mol. The number of methoxy groups -OCH3 is 1. The van der Waals surface area contributed by atoms with E-state index in [9.17, 15) is 0 Å². The van der Waals surface area contributed by atoms with Gasteiger partial charge in [-0.3, -0.25) is 5.10 Å². The molecule has 1 aromatic heterocycles. The quantitative estimate of drug-likeness (QED) is 0.761. The molecule has 3 nitrogen and oxygen atoms in total. The number of halogens is 1. The molecule has 4 heteroatoms. The number of fused-ring (bicyclic) bond motifs is 1. The van der Waals surface area contributed by atoms with Crippen LogP contribution in [-0.4, -0.2) is 17.3 Å². The molecule has 0 aliphatic carbocycles. The van der Waals surface area contributed by atoms with Gasteiger partial charge < -0.3 is 4.74 Å². The maximum Gasteiger partial charge on any atom is 0.130 e. The van der Waals surface area contributed by atoms with Gasteiger partial charge in [-0.15, -0.1) is 0 Å². The third-order valence-electron chi connectivity index (χ3n) is 2.02. The monoisotopic (exact) mass is 196 g/mol. The number of nitrogens with zero attached hydrogens (tertiary/aromatic N) is 1. The Hall–Kier alpha value is -1.22. The van der Waals surface area contributed by atoms with Crippen molar-refractivity contribution in [3.63, 3.8) is 0 Å². The summed E-state index contributed by atoms with van der Waals surface area (Å²) >= 11 is 5.96. The molecule has 0 aliphatic heterocycles. The first-order chi connectivity index (χ1) is 6.24. The lowest BCUT2D eigenvalue weighted by Gasteiger charge is -2.01. The molecule has 0 aliphatic rings. The number of aromatic amines is 1. The highest BCUT2D eigenvalue weighted by Gasteiger charge is 2.10. The molecule has 2 aromatic rings. The van der Waals surface area contributed by atoms with E-state index in [0.717, 1.165) is 22.3 Å². The van der Waals surface area contributed by atoms with Crippen molar-refractivity contribution in [2.75, 3.05) is 7.11 Å². The van der Waals surface area contributed by atoms with E-state index < -0.39 is 0 Å². The van der Waals surface area contributed by atoms with Crippen LogP contribution in [-0.2, 0) is 0 Å². The first-order valence-electron chi connectivity index (χ1n) is 3.91. The number of ether oxygens (including phenoxy) is 1. The van der Waals surface area contributed by atoms with Crippen LogP contribution in [0.4, 0.5) is 0 Å². The molecule has 0 fully saturated rings. The molecule has 68 valence electrons. The zero-order valence-corrected chi connectivity index (χ0v) is 8.14. The highest BCUT2D eigenvalue weighted by Crippen LogP contribution is 2.31. The average Bonchev–Trinajstić information content (AvgIpc) is 2.51. The fourth-order valence-corrected chi connectivity index (χ4v) is 1.58. The summed E-state index contributed by atoms with van der Waals surface area (Å²) in [5.74, 6) is 0.797. The van der Waals surface area contributed by atoms with Gasteiger partial charge in [-0.25, -0.2) is 0 Å². The van der Waals surface area contributed by atoms with Crippen molar-refractivity contribution in [2.45, 2.75) is 6.92 Å². The van der Waals surface area contributed by atoms with Crippen molar-refractivity contribution in [1.82, 2.24) is 10.2 Å². The van der Waals surface area contributed by atoms with Crippen molar-refractivity contribution in [3.8, 4) is 5.75 Å². The number of benzene rings is 1. The van der Waals surface area contributed by atoms with Crippen LogP contribution in [0.15, 0.2) is 12.1 Å². The lowest BCUT2D eigenvalue weighted by Crippen LogP contribution is -1.84. The number of aryl methyl sites for hydroxylation is 1. The van der Waals surface area contributed by atoms with Crippen molar-refractivity contribution in [2.24, 2.45) is 0 Å². The van der Waals surface area contributed by atoms with Gasteiger partial charge in [-0.1, -0.05) is 11.6 Å². The molecule has 0 spiro atoms. The summed E-state index contributed by atoms with van der Waals surface area (Å²) in [6.45, 7) is 1.94. The Morgan fingerprint density at radius 2 is 2.23 bits per heavy atom. The molecule has 1 heterocycles. The van der Waals surface area contributed by atoms with Gasteiger partial charge in [0.15, 0.2) is 0 Å². The zero-order valence-electron chi connectivity index (χ0n) is 7.39. The van der Waals surface area contributed by atoms with E-state index in [1.165, 1.54) is 0 Å². The highest BCUT2D eigenvalue weighted by molar-refractivity contribution is 6.35. The minimum absolute atomic E-state index is 0.639. The lowest BCUT2D eigenvalue weighted by molar-refractivity contribution is 0.419. The summed E-state index contributed by atoms with van der Waals surface area (Å²) in [6.07, 6.45) is 0. The molecule has 2 rings (SSSR count). The standard InChI is InChI=1S/C9H9ClN2O/c1-5-8-7(13-2)4-3-6(10)9(8)12-11-5/h3-4H,1-2H3,(H,11,12). The predicted octanol–water partition coefficient (Wildman–Crippen LogP) is 2.53. The Labute approximate surface area is 80.7 Å². The smallest absolute Gasteiger partial charge is 0.130 e.